The monoisotopic (exact) mass is 770 g/mol. The van der Waals surface area contributed by atoms with Crippen LogP contribution in [0.15, 0.2) is 205 Å². The summed E-state index contributed by atoms with van der Waals surface area (Å²) in [6.45, 7) is 0. The summed E-state index contributed by atoms with van der Waals surface area (Å²) in [5, 5.41) is 7.34. The molecule has 4 aromatic heterocycles. The molecule has 4 heterocycles. The molecule has 0 unspecified atom stereocenters. The lowest BCUT2D eigenvalue weighted by Gasteiger charge is -2.16. The van der Waals surface area contributed by atoms with Crippen LogP contribution < -0.4 is 0 Å². The maximum atomic E-state index is 6.57. The van der Waals surface area contributed by atoms with E-state index in [9.17, 15) is 0 Å². The quantitative estimate of drug-likeness (QED) is 0.158. The van der Waals surface area contributed by atoms with Crippen molar-refractivity contribution in [1.82, 2.24) is 9.55 Å². The van der Waals surface area contributed by atoms with Crippen LogP contribution in [-0.4, -0.2) is 9.55 Å². The number of hydrogen-bond acceptors (Lipinski definition) is 3. The summed E-state index contributed by atoms with van der Waals surface area (Å²) < 4.78 is 11.5. The maximum Gasteiger partial charge on any atom is 0.142 e. The molecule has 12 aromatic rings. The smallest absolute Gasteiger partial charge is 0.142 e. The fraction of sp³-hybridized carbons (Fsp3) is 0. The van der Waals surface area contributed by atoms with Crippen LogP contribution in [0.25, 0.3) is 104 Å². The van der Waals surface area contributed by atoms with Crippen LogP contribution in [0.3, 0.4) is 0 Å². The lowest BCUT2D eigenvalue weighted by molar-refractivity contribution is 0.668. The summed E-state index contributed by atoms with van der Waals surface area (Å²) in [5.41, 5.74) is 14.3. The fourth-order valence-corrected chi connectivity index (χ4v) is 10.1. The average Bonchev–Trinajstić information content (AvgIpc) is 3.98. The number of rotatable bonds is 6. The predicted octanol–water partition coefficient (Wildman–Crippen LogP) is 15.4. The first-order valence-electron chi connectivity index (χ1n) is 19.9. The number of hydrogen-bond donors (Lipinski definition) is 0. The molecule has 3 nitrogen and oxygen atoms in total. The summed E-state index contributed by atoms with van der Waals surface area (Å²) in [6, 6.07) is 67.8. The van der Waals surface area contributed by atoms with Crippen molar-refractivity contribution in [2.75, 3.05) is 0 Å². The van der Waals surface area contributed by atoms with Gasteiger partial charge in [0.15, 0.2) is 0 Å². The van der Waals surface area contributed by atoms with Crippen LogP contribution in [0.4, 0.5) is 0 Å². The molecule has 0 amide bonds. The SMILES string of the molecule is C(=C(\c1ccc(-c2ccc(-n3c4ccccc4c4ccccc43)cc2)c(-c2ccncc2)c1)c1ccc2c(c1)sc1ccccc12)/c1cccc2c1oc1ccccc12. The van der Waals surface area contributed by atoms with Gasteiger partial charge in [-0.05, 0) is 106 Å². The van der Waals surface area contributed by atoms with E-state index >= 15 is 0 Å². The van der Waals surface area contributed by atoms with Gasteiger partial charge in [-0.2, -0.15) is 0 Å². The van der Waals surface area contributed by atoms with Gasteiger partial charge in [0, 0.05) is 65.4 Å². The Morgan fingerprint density at radius 2 is 1.10 bits per heavy atom. The third kappa shape index (κ3) is 5.53. The van der Waals surface area contributed by atoms with Crippen LogP contribution in [0.5, 0.6) is 0 Å². The molecule has 0 saturated heterocycles. The summed E-state index contributed by atoms with van der Waals surface area (Å²) in [7, 11) is 0. The van der Waals surface area contributed by atoms with E-state index in [0.717, 1.165) is 72.1 Å². The second kappa shape index (κ2) is 13.6. The topological polar surface area (TPSA) is 31.0 Å². The minimum Gasteiger partial charge on any atom is -0.455 e. The molecule has 0 saturated carbocycles. The number of pyridine rings is 1. The molecule has 0 bridgehead atoms. The second-order valence-electron chi connectivity index (χ2n) is 15.1. The summed E-state index contributed by atoms with van der Waals surface area (Å²) in [5.74, 6) is 0. The molecule has 0 aliphatic heterocycles. The number of nitrogens with zero attached hydrogens (tertiary/aromatic N) is 2. The fourth-order valence-electron chi connectivity index (χ4n) is 8.99. The number of aromatic nitrogens is 2. The Morgan fingerprint density at radius 3 is 1.90 bits per heavy atom. The molecular weight excluding hydrogens is 737 g/mol. The highest BCUT2D eigenvalue weighted by Gasteiger charge is 2.18. The maximum absolute atomic E-state index is 6.57. The predicted molar refractivity (Wildman–Crippen MR) is 249 cm³/mol. The molecular formula is C55H34N2OS. The third-order valence-corrected chi connectivity index (χ3v) is 12.9. The van der Waals surface area contributed by atoms with Gasteiger partial charge >= 0.3 is 0 Å². The van der Waals surface area contributed by atoms with Gasteiger partial charge < -0.3 is 8.98 Å². The van der Waals surface area contributed by atoms with E-state index in [0.29, 0.717) is 0 Å². The number of thiophene rings is 1. The van der Waals surface area contributed by atoms with Crippen molar-refractivity contribution in [3.8, 4) is 27.9 Å². The van der Waals surface area contributed by atoms with Crippen LogP contribution in [-0.2, 0) is 0 Å². The lowest BCUT2D eigenvalue weighted by atomic mass is 9.88. The minimum absolute atomic E-state index is 0.892. The summed E-state index contributed by atoms with van der Waals surface area (Å²) in [6.07, 6.45) is 6.07. The first-order chi connectivity index (χ1) is 29.2. The zero-order chi connectivity index (χ0) is 38.9. The number of fused-ring (bicyclic) bond motifs is 9. The molecule has 0 N–H and O–H groups in total. The third-order valence-electron chi connectivity index (χ3n) is 11.8. The first-order valence-corrected chi connectivity index (χ1v) is 20.7. The van der Waals surface area contributed by atoms with Gasteiger partial charge in [0.2, 0.25) is 0 Å². The Balaban J connectivity index is 1.04. The highest BCUT2D eigenvalue weighted by molar-refractivity contribution is 7.25. The first kappa shape index (κ1) is 33.6. The normalized spacial score (nSPS) is 12.2. The standard InChI is InChI=1S/C55H34N2OS/c1-5-16-50-42(11-1)43-12-2-6-17-51(43)57(50)40-24-20-35(21-25-40)41-26-22-37(32-49(41)36-28-30-56-31-29-36)48(38-23-27-46-45-14-4-8-19-53(45)59-54(46)34-38)33-39-10-9-15-47-44-13-3-7-18-52(44)58-55(39)47/h1-34H/b48-33-. The molecule has 0 fully saturated rings. The van der Waals surface area contributed by atoms with Crippen LogP contribution >= 0.6 is 11.3 Å². The van der Waals surface area contributed by atoms with Crippen molar-refractivity contribution in [3.63, 3.8) is 0 Å². The van der Waals surface area contributed by atoms with Gasteiger partial charge in [-0.15, -0.1) is 11.3 Å². The van der Waals surface area contributed by atoms with Crippen molar-refractivity contribution < 1.29 is 4.42 Å². The van der Waals surface area contributed by atoms with Gasteiger partial charge in [0.25, 0.3) is 0 Å². The van der Waals surface area contributed by atoms with E-state index in [-0.39, 0.29) is 0 Å². The van der Waals surface area contributed by atoms with E-state index in [1.54, 1.807) is 0 Å². The van der Waals surface area contributed by atoms with Gasteiger partial charge in [-0.1, -0.05) is 127 Å². The Labute approximate surface area is 344 Å². The molecule has 0 atom stereocenters. The summed E-state index contributed by atoms with van der Waals surface area (Å²) >= 11 is 1.85. The summed E-state index contributed by atoms with van der Waals surface area (Å²) in [4.78, 5) is 4.39. The van der Waals surface area contributed by atoms with Gasteiger partial charge in [0.05, 0.1) is 11.0 Å². The molecule has 12 rings (SSSR count). The van der Waals surface area contributed by atoms with E-state index in [2.05, 4.69) is 192 Å². The van der Waals surface area contributed by atoms with E-state index in [1.807, 2.05) is 35.9 Å². The Hall–Kier alpha value is -7.53. The van der Waals surface area contributed by atoms with Gasteiger partial charge in [0.1, 0.15) is 11.2 Å². The second-order valence-corrected chi connectivity index (χ2v) is 16.2. The largest absolute Gasteiger partial charge is 0.455 e. The van der Waals surface area contributed by atoms with Crippen molar-refractivity contribution in [3.05, 3.63) is 217 Å². The molecule has 276 valence electrons. The van der Waals surface area contributed by atoms with Crippen molar-refractivity contribution in [1.29, 1.82) is 0 Å². The number of benzene rings is 8. The lowest BCUT2D eigenvalue weighted by Crippen LogP contribution is -1.95. The van der Waals surface area contributed by atoms with Crippen LogP contribution in [0.1, 0.15) is 16.7 Å². The number of para-hydroxylation sites is 4. The Bertz CT molecular complexity index is 3550. The molecule has 4 heteroatoms. The van der Waals surface area contributed by atoms with Crippen molar-refractivity contribution in [2.45, 2.75) is 0 Å². The van der Waals surface area contributed by atoms with Crippen molar-refractivity contribution in [2.24, 2.45) is 0 Å². The number of furan rings is 1. The van der Waals surface area contributed by atoms with E-state index in [4.69, 9.17) is 4.42 Å². The van der Waals surface area contributed by atoms with Crippen LogP contribution in [0.2, 0.25) is 0 Å². The Morgan fingerprint density at radius 1 is 0.475 bits per heavy atom. The highest BCUT2D eigenvalue weighted by Crippen LogP contribution is 2.41. The van der Waals surface area contributed by atoms with E-state index < -0.39 is 0 Å². The van der Waals surface area contributed by atoms with E-state index in [1.165, 1.54) is 42.0 Å². The zero-order valence-corrected chi connectivity index (χ0v) is 32.7. The Kier molecular flexibility index (Phi) is 7.72. The molecule has 59 heavy (non-hydrogen) atoms. The minimum atomic E-state index is 0.892. The van der Waals surface area contributed by atoms with Gasteiger partial charge in [-0.3, -0.25) is 4.98 Å². The van der Waals surface area contributed by atoms with Crippen molar-refractivity contribution >= 4 is 86.9 Å². The molecule has 0 aliphatic rings. The molecule has 8 aromatic carbocycles. The highest BCUT2D eigenvalue weighted by atomic mass is 32.1. The molecule has 0 aliphatic carbocycles. The van der Waals surface area contributed by atoms with Crippen LogP contribution in [0, 0.1) is 0 Å². The average molecular weight is 771 g/mol. The molecule has 0 spiro atoms. The zero-order valence-electron chi connectivity index (χ0n) is 31.8. The van der Waals surface area contributed by atoms with Gasteiger partial charge in [-0.25, -0.2) is 0 Å². The molecule has 0 radical (unpaired) electrons.